The van der Waals surface area contributed by atoms with E-state index >= 15 is 0 Å². The second-order valence-corrected chi connectivity index (χ2v) is 13.7. The minimum Gasteiger partial charge on any atom is -0.353 e. The molecule has 2 N–H and O–H groups in total. The maximum atomic E-state index is 13.2. The summed E-state index contributed by atoms with van der Waals surface area (Å²) in [5, 5.41) is 12.3. The SMILES string of the molecule is CC(=O)Nc1nc2c(s1)-c1c(c(C3CC3)nn1[C@H]1CC[C@@H](C(=O)NC3CCN(C4CCCC4)CC3)CC1)CC2. The van der Waals surface area contributed by atoms with E-state index < -0.39 is 0 Å². The van der Waals surface area contributed by atoms with Crippen molar-refractivity contribution >= 4 is 28.3 Å². The second-order valence-electron chi connectivity index (χ2n) is 12.7. The number of carbonyl (C=O) groups is 2. The summed E-state index contributed by atoms with van der Waals surface area (Å²) in [5.74, 6) is 0.920. The lowest BCUT2D eigenvalue weighted by Crippen LogP contribution is -2.48. The molecule has 8 nitrogen and oxygen atoms in total. The fraction of sp³-hybridized carbons (Fsp3) is 0.733. The Morgan fingerprint density at radius 1 is 0.897 bits per heavy atom. The summed E-state index contributed by atoms with van der Waals surface area (Å²) in [7, 11) is 0. The number of aryl methyl sites for hydroxylation is 1. The number of amides is 2. The first-order valence-corrected chi connectivity index (χ1v) is 16.3. The standard InChI is InChI=1S/C30H42N6O2S/c1-18(37)31-30-33-25-13-12-24-26(19-6-7-19)34-36(27(24)28(25)39-30)23-10-8-20(9-11-23)29(38)32-21-14-16-35(17-15-21)22-4-2-3-5-22/h19-23H,2-17H2,1H3,(H,32,38)(H,31,33,37)/t20-,23+. The fourth-order valence-corrected chi connectivity index (χ4v) is 8.78. The smallest absolute Gasteiger partial charge is 0.223 e. The normalized spacial score (nSPS) is 26.3. The van der Waals surface area contributed by atoms with Crippen molar-refractivity contribution in [2.24, 2.45) is 5.92 Å². The van der Waals surface area contributed by atoms with E-state index in [4.69, 9.17) is 10.1 Å². The van der Waals surface area contributed by atoms with Gasteiger partial charge >= 0.3 is 0 Å². The molecule has 0 bridgehead atoms. The molecule has 4 aliphatic carbocycles. The van der Waals surface area contributed by atoms with Crippen molar-refractivity contribution in [2.75, 3.05) is 18.4 Å². The molecule has 0 aromatic carbocycles. The molecule has 2 amide bonds. The van der Waals surface area contributed by atoms with Gasteiger partial charge in [-0.1, -0.05) is 24.2 Å². The van der Waals surface area contributed by atoms with E-state index in [0.29, 0.717) is 23.1 Å². The van der Waals surface area contributed by atoms with E-state index in [1.807, 2.05) is 0 Å². The lowest BCUT2D eigenvalue weighted by atomic mass is 9.84. The molecule has 9 heteroatoms. The average molecular weight is 551 g/mol. The Hall–Kier alpha value is -2.26. The van der Waals surface area contributed by atoms with E-state index in [1.165, 1.54) is 67.3 Å². The highest BCUT2D eigenvalue weighted by Gasteiger charge is 2.38. The first-order chi connectivity index (χ1) is 19.0. The van der Waals surface area contributed by atoms with E-state index in [1.54, 1.807) is 11.3 Å². The lowest BCUT2D eigenvalue weighted by Gasteiger charge is -2.37. The van der Waals surface area contributed by atoms with Crippen LogP contribution in [-0.2, 0) is 22.4 Å². The van der Waals surface area contributed by atoms with Crippen LogP contribution in [0.25, 0.3) is 10.6 Å². The van der Waals surface area contributed by atoms with Crippen LogP contribution in [-0.4, -0.2) is 56.7 Å². The van der Waals surface area contributed by atoms with Crippen LogP contribution in [0.4, 0.5) is 5.13 Å². The summed E-state index contributed by atoms with van der Waals surface area (Å²) in [6.07, 6.45) is 15.9. The summed E-state index contributed by atoms with van der Waals surface area (Å²) in [6.45, 7) is 3.81. The number of likely N-dealkylation sites (tertiary alicyclic amines) is 1. The van der Waals surface area contributed by atoms with Crippen molar-refractivity contribution in [2.45, 2.75) is 121 Å². The molecule has 2 aromatic rings. The van der Waals surface area contributed by atoms with Crippen molar-refractivity contribution < 1.29 is 9.59 Å². The van der Waals surface area contributed by atoms with Gasteiger partial charge in [-0.25, -0.2) is 4.98 Å². The van der Waals surface area contributed by atoms with Crippen molar-refractivity contribution in [1.82, 2.24) is 25.0 Å². The molecule has 7 rings (SSSR count). The molecular formula is C30H42N6O2S. The number of hydrogen-bond donors (Lipinski definition) is 2. The van der Waals surface area contributed by atoms with Gasteiger partial charge in [0.25, 0.3) is 0 Å². The third kappa shape index (κ3) is 5.17. The zero-order valence-corrected chi connectivity index (χ0v) is 24.0. The molecule has 4 fully saturated rings. The van der Waals surface area contributed by atoms with Gasteiger partial charge in [-0.3, -0.25) is 14.3 Å². The number of carbonyl (C=O) groups excluding carboxylic acids is 2. The molecule has 1 aliphatic heterocycles. The van der Waals surface area contributed by atoms with Gasteiger partial charge in [-0.05, 0) is 77.0 Å². The summed E-state index contributed by atoms with van der Waals surface area (Å²) >= 11 is 1.59. The lowest BCUT2D eigenvalue weighted by molar-refractivity contribution is -0.127. The van der Waals surface area contributed by atoms with Crippen LogP contribution in [0, 0.1) is 5.92 Å². The number of thiazole rings is 1. The van der Waals surface area contributed by atoms with Gasteiger partial charge in [0.05, 0.1) is 28.0 Å². The van der Waals surface area contributed by atoms with Crippen LogP contribution >= 0.6 is 11.3 Å². The number of rotatable bonds is 6. The monoisotopic (exact) mass is 550 g/mol. The minimum absolute atomic E-state index is 0.0792. The Balaban J connectivity index is 1.01. The Labute approximate surface area is 235 Å². The predicted octanol–water partition coefficient (Wildman–Crippen LogP) is 5.20. The van der Waals surface area contributed by atoms with E-state index in [0.717, 1.165) is 76.2 Å². The number of aromatic nitrogens is 3. The molecule has 2 aromatic heterocycles. The van der Waals surface area contributed by atoms with Crippen molar-refractivity contribution in [3.63, 3.8) is 0 Å². The number of nitrogens with zero attached hydrogens (tertiary/aromatic N) is 4. The third-order valence-electron chi connectivity index (χ3n) is 9.94. The summed E-state index contributed by atoms with van der Waals surface area (Å²) in [5.41, 5.74) is 5.04. The summed E-state index contributed by atoms with van der Waals surface area (Å²) in [4.78, 5) is 33.5. The topological polar surface area (TPSA) is 92.1 Å². The van der Waals surface area contributed by atoms with Crippen LogP contribution < -0.4 is 10.6 Å². The second kappa shape index (κ2) is 10.6. The van der Waals surface area contributed by atoms with Crippen LogP contribution in [0.1, 0.15) is 113 Å². The van der Waals surface area contributed by atoms with Gasteiger partial charge in [0, 0.05) is 49.5 Å². The molecule has 210 valence electrons. The molecule has 39 heavy (non-hydrogen) atoms. The Bertz CT molecular complexity index is 1230. The number of nitrogens with one attached hydrogen (secondary N) is 2. The molecule has 1 saturated heterocycles. The molecule has 0 spiro atoms. The van der Waals surface area contributed by atoms with Crippen LogP contribution in [0.15, 0.2) is 0 Å². The first-order valence-electron chi connectivity index (χ1n) is 15.5. The average Bonchev–Trinajstić information content (AvgIpc) is 3.32. The number of fused-ring (bicyclic) bond motifs is 3. The van der Waals surface area contributed by atoms with E-state index in [-0.39, 0.29) is 17.7 Å². The zero-order chi connectivity index (χ0) is 26.5. The fourth-order valence-electron chi connectivity index (χ4n) is 7.66. The van der Waals surface area contributed by atoms with E-state index in [2.05, 4.69) is 20.2 Å². The molecule has 0 atom stereocenters. The Morgan fingerprint density at radius 3 is 2.33 bits per heavy atom. The maximum absolute atomic E-state index is 13.2. The summed E-state index contributed by atoms with van der Waals surface area (Å²) < 4.78 is 2.31. The Morgan fingerprint density at radius 2 is 1.64 bits per heavy atom. The number of hydrogen-bond acceptors (Lipinski definition) is 6. The molecule has 3 heterocycles. The van der Waals surface area contributed by atoms with Crippen LogP contribution in [0.5, 0.6) is 0 Å². The van der Waals surface area contributed by atoms with Crippen molar-refractivity contribution in [3.8, 4) is 10.6 Å². The van der Waals surface area contributed by atoms with Crippen LogP contribution in [0.2, 0.25) is 0 Å². The van der Waals surface area contributed by atoms with Gasteiger partial charge in [0.15, 0.2) is 5.13 Å². The molecular weight excluding hydrogens is 508 g/mol. The zero-order valence-electron chi connectivity index (χ0n) is 23.2. The van der Waals surface area contributed by atoms with Gasteiger partial charge in [0.1, 0.15) is 0 Å². The van der Waals surface area contributed by atoms with E-state index in [9.17, 15) is 9.59 Å². The quantitative estimate of drug-likeness (QED) is 0.516. The van der Waals surface area contributed by atoms with Gasteiger partial charge in [-0.15, -0.1) is 0 Å². The van der Waals surface area contributed by atoms with Crippen molar-refractivity contribution in [1.29, 1.82) is 0 Å². The molecule has 3 saturated carbocycles. The van der Waals surface area contributed by atoms with Crippen LogP contribution in [0.3, 0.4) is 0 Å². The summed E-state index contributed by atoms with van der Waals surface area (Å²) in [6, 6.07) is 1.46. The highest BCUT2D eigenvalue weighted by Crippen LogP contribution is 2.49. The minimum atomic E-state index is -0.0792. The van der Waals surface area contributed by atoms with Crippen molar-refractivity contribution in [3.05, 3.63) is 17.0 Å². The molecule has 5 aliphatic rings. The number of piperidine rings is 1. The predicted molar refractivity (Wildman–Crippen MR) is 153 cm³/mol. The first kappa shape index (κ1) is 25.7. The molecule has 0 radical (unpaired) electrons. The highest BCUT2D eigenvalue weighted by atomic mass is 32.1. The third-order valence-corrected chi connectivity index (χ3v) is 11.0. The molecule has 0 unspecified atom stereocenters. The largest absolute Gasteiger partial charge is 0.353 e. The van der Waals surface area contributed by atoms with Gasteiger partial charge in [-0.2, -0.15) is 5.10 Å². The van der Waals surface area contributed by atoms with Gasteiger partial charge < -0.3 is 15.5 Å². The highest BCUT2D eigenvalue weighted by molar-refractivity contribution is 7.19. The number of anilines is 1. The Kier molecular flexibility index (Phi) is 6.99. The maximum Gasteiger partial charge on any atom is 0.223 e. The van der Waals surface area contributed by atoms with Gasteiger partial charge in [0.2, 0.25) is 11.8 Å².